The Labute approximate surface area is 140 Å². The van der Waals surface area contributed by atoms with Crippen molar-refractivity contribution in [3.8, 4) is 23.0 Å². The molecule has 2 unspecified atom stereocenters. The van der Waals surface area contributed by atoms with Crippen molar-refractivity contribution < 1.29 is 19.3 Å². The molecule has 0 saturated carbocycles. The first-order valence-electron chi connectivity index (χ1n) is 8.20. The van der Waals surface area contributed by atoms with E-state index in [1.807, 2.05) is 12.1 Å². The Balaban J connectivity index is 1.65. The van der Waals surface area contributed by atoms with Gasteiger partial charge in [-0.15, -0.1) is 0 Å². The van der Waals surface area contributed by atoms with Crippen molar-refractivity contribution in [1.82, 2.24) is 4.90 Å². The fourth-order valence-electron chi connectivity index (χ4n) is 4.35. The Hall–Kier alpha value is -2.40. The van der Waals surface area contributed by atoms with E-state index >= 15 is 0 Å². The minimum absolute atomic E-state index is 0.213. The molecule has 0 amide bonds. The summed E-state index contributed by atoms with van der Waals surface area (Å²) in [6, 6.07) is 8.67. The molecule has 2 bridgehead atoms. The first-order chi connectivity index (χ1) is 11.7. The highest BCUT2D eigenvalue weighted by Crippen LogP contribution is 2.50. The Morgan fingerprint density at radius 1 is 1.00 bits per heavy atom. The van der Waals surface area contributed by atoms with Gasteiger partial charge in [0.2, 0.25) is 6.79 Å². The van der Waals surface area contributed by atoms with Gasteiger partial charge < -0.3 is 19.3 Å². The van der Waals surface area contributed by atoms with Gasteiger partial charge in [-0.1, -0.05) is 0 Å². The summed E-state index contributed by atoms with van der Waals surface area (Å²) >= 11 is 0. The van der Waals surface area contributed by atoms with Crippen LogP contribution in [0.4, 0.5) is 0 Å². The molecule has 3 aliphatic heterocycles. The molecule has 2 aromatic rings. The van der Waals surface area contributed by atoms with Crippen molar-refractivity contribution in [3.05, 3.63) is 46.5 Å². The van der Waals surface area contributed by atoms with Crippen LogP contribution in [0.2, 0.25) is 0 Å². The lowest BCUT2D eigenvalue weighted by Gasteiger charge is -2.46. The van der Waals surface area contributed by atoms with Gasteiger partial charge in [0.1, 0.15) is 0 Å². The first-order valence-corrected chi connectivity index (χ1v) is 8.20. The zero-order chi connectivity index (χ0) is 16.4. The monoisotopic (exact) mass is 325 g/mol. The SMILES string of the molecule is COc1cc2c(cc1O)CC1c3cc4c(cc3CC2N1C)OCO4. The summed E-state index contributed by atoms with van der Waals surface area (Å²) < 4.78 is 16.4. The van der Waals surface area contributed by atoms with Crippen molar-refractivity contribution >= 4 is 0 Å². The van der Waals surface area contributed by atoms with Crippen LogP contribution in [0.3, 0.4) is 0 Å². The number of hydrogen-bond donors (Lipinski definition) is 1. The Bertz CT molecular complexity index is 848. The highest BCUT2D eigenvalue weighted by molar-refractivity contribution is 5.55. The van der Waals surface area contributed by atoms with Gasteiger partial charge in [0.25, 0.3) is 0 Å². The molecule has 0 aromatic heterocycles. The highest BCUT2D eigenvalue weighted by atomic mass is 16.7. The Kier molecular flexibility index (Phi) is 2.80. The standard InChI is InChI=1S/C19H19NO4/c1-20-14-3-10-5-16(21)17(22-2)7-12(10)15(20)4-11-6-18-19(8-13(11)14)24-9-23-18/h5-8,14-15,21H,3-4,9H2,1-2H3. The summed E-state index contributed by atoms with van der Waals surface area (Å²) in [6.07, 6.45) is 1.78. The van der Waals surface area contributed by atoms with Crippen LogP contribution in [0.5, 0.6) is 23.0 Å². The smallest absolute Gasteiger partial charge is 0.231 e. The number of hydrogen-bond acceptors (Lipinski definition) is 5. The number of benzene rings is 2. The number of methoxy groups -OCH3 is 1. The van der Waals surface area contributed by atoms with E-state index < -0.39 is 0 Å². The van der Waals surface area contributed by atoms with Crippen LogP contribution in [0.1, 0.15) is 34.3 Å². The van der Waals surface area contributed by atoms with Gasteiger partial charge in [-0.2, -0.15) is 0 Å². The number of ether oxygens (including phenoxy) is 3. The lowest BCUT2D eigenvalue weighted by atomic mass is 9.76. The van der Waals surface area contributed by atoms with Gasteiger partial charge in [0, 0.05) is 12.1 Å². The normalized spacial score (nSPS) is 23.6. The van der Waals surface area contributed by atoms with E-state index in [0.29, 0.717) is 12.5 Å². The predicted molar refractivity (Wildman–Crippen MR) is 87.9 cm³/mol. The van der Waals surface area contributed by atoms with Crippen LogP contribution in [0.25, 0.3) is 0 Å². The molecule has 0 saturated heterocycles. The fourth-order valence-corrected chi connectivity index (χ4v) is 4.35. The summed E-state index contributed by atoms with van der Waals surface area (Å²) in [6.45, 7) is 0.299. The van der Waals surface area contributed by atoms with Gasteiger partial charge in [0.15, 0.2) is 23.0 Å². The van der Waals surface area contributed by atoms with Crippen molar-refractivity contribution in [2.75, 3.05) is 21.0 Å². The van der Waals surface area contributed by atoms with Gasteiger partial charge in [-0.25, -0.2) is 0 Å². The van der Waals surface area contributed by atoms with Crippen LogP contribution >= 0.6 is 0 Å². The molecule has 3 aliphatic rings. The molecule has 0 spiro atoms. The second kappa shape index (κ2) is 4.80. The van der Waals surface area contributed by atoms with Crippen molar-refractivity contribution in [3.63, 3.8) is 0 Å². The molecule has 0 fully saturated rings. The van der Waals surface area contributed by atoms with E-state index in [4.69, 9.17) is 14.2 Å². The van der Waals surface area contributed by atoms with Crippen molar-refractivity contribution in [2.45, 2.75) is 24.9 Å². The van der Waals surface area contributed by atoms with E-state index in [2.05, 4.69) is 24.1 Å². The summed E-state index contributed by atoms with van der Waals surface area (Å²) in [5.74, 6) is 2.44. The third-order valence-corrected chi connectivity index (χ3v) is 5.60. The minimum Gasteiger partial charge on any atom is -0.504 e. The largest absolute Gasteiger partial charge is 0.504 e. The maximum atomic E-state index is 10.1. The summed E-state index contributed by atoms with van der Waals surface area (Å²) in [4.78, 5) is 2.42. The zero-order valence-corrected chi connectivity index (χ0v) is 13.7. The molecule has 3 heterocycles. The third kappa shape index (κ3) is 1.79. The fraction of sp³-hybridized carbons (Fsp3) is 0.368. The number of nitrogens with zero attached hydrogens (tertiary/aromatic N) is 1. The average Bonchev–Trinajstić information content (AvgIpc) is 3.02. The topological polar surface area (TPSA) is 51.2 Å². The molecule has 2 aromatic carbocycles. The second-order valence-corrected chi connectivity index (χ2v) is 6.73. The molecule has 5 nitrogen and oxygen atoms in total. The average molecular weight is 325 g/mol. The molecule has 0 aliphatic carbocycles. The number of phenolic OH excluding ortho intramolecular Hbond substituents is 1. The first kappa shape index (κ1) is 14.0. The molecule has 124 valence electrons. The number of fused-ring (bicyclic) bond motifs is 7. The van der Waals surface area contributed by atoms with E-state index in [1.54, 1.807) is 7.11 Å². The predicted octanol–water partition coefficient (Wildman–Crippen LogP) is 2.96. The molecule has 2 atom stereocenters. The summed E-state index contributed by atoms with van der Waals surface area (Å²) in [5, 5.41) is 10.1. The molecule has 24 heavy (non-hydrogen) atoms. The van der Waals surface area contributed by atoms with Gasteiger partial charge in [0.05, 0.1) is 7.11 Å². The van der Waals surface area contributed by atoms with Gasteiger partial charge in [-0.05, 0) is 66.4 Å². The van der Waals surface area contributed by atoms with Crippen LogP contribution < -0.4 is 14.2 Å². The van der Waals surface area contributed by atoms with E-state index in [1.165, 1.54) is 22.3 Å². The molecular weight excluding hydrogens is 306 g/mol. The summed E-state index contributed by atoms with van der Waals surface area (Å²) in [5.41, 5.74) is 5.07. The quantitative estimate of drug-likeness (QED) is 0.873. The maximum Gasteiger partial charge on any atom is 0.231 e. The van der Waals surface area contributed by atoms with Crippen molar-refractivity contribution in [2.24, 2.45) is 0 Å². The zero-order valence-electron chi connectivity index (χ0n) is 13.7. The molecule has 5 rings (SSSR count). The van der Waals surface area contributed by atoms with Gasteiger partial charge >= 0.3 is 0 Å². The number of phenols is 1. The van der Waals surface area contributed by atoms with E-state index in [0.717, 1.165) is 24.3 Å². The molecule has 5 heteroatoms. The highest BCUT2D eigenvalue weighted by Gasteiger charge is 2.39. The lowest BCUT2D eigenvalue weighted by molar-refractivity contribution is 0.137. The van der Waals surface area contributed by atoms with Crippen LogP contribution in [-0.4, -0.2) is 31.0 Å². The molecule has 0 radical (unpaired) electrons. The number of aromatic hydroxyl groups is 1. The van der Waals surface area contributed by atoms with E-state index in [9.17, 15) is 5.11 Å². The molecule has 1 N–H and O–H groups in total. The maximum absolute atomic E-state index is 10.1. The van der Waals surface area contributed by atoms with Crippen LogP contribution in [-0.2, 0) is 12.8 Å². The minimum atomic E-state index is 0.213. The third-order valence-electron chi connectivity index (χ3n) is 5.60. The lowest BCUT2D eigenvalue weighted by Crippen LogP contribution is -2.40. The van der Waals surface area contributed by atoms with E-state index in [-0.39, 0.29) is 17.8 Å². The van der Waals surface area contributed by atoms with Gasteiger partial charge in [-0.3, -0.25) is 4.90 Å². The second-order valence-electron chi connectivity index (χ2n) is 6.73. The van der Waals surface area contributed by atoms with Crippen LogP contribution in [0, 0.1) is 0 Å². The number of rotatable bonds is 1. The Morgan fingerprint density at radius 3 is 2.33 bits per heavy atom. The van der Waals surface area contributed by atoms with Crippen molar-refractivity contribution in [1.29, 1.82) is 0 Å². The molecular formula is C19H19NO4. The van der Waals surface area contributed by atoms with Crippen LogP contribution in [0.15, 0.2) is 24.3 Å². The number of likely N-dealkylation sites (N-methyl/N-ethyl adjacent to an activating group) is 1. The summed E-state index contributed by atoms with van der Waals surface area (Å²) in [7, 11) is 3.76. The Morgan fingerprint density at radius 2 is 1.62 bits per heavy atom.